The van der Waals surface area contributed by atoms with Crippen LogP contribution < -0.4 is 10.1 Å². The Morgan fingerprint density at radius 3 is 2.56 bits per heavy atom. The highest BCUT2D eigenvalue weighted by Crippen LogP contribution is 2.22. The number of hydrogen-bond donors (Lipinski definition) is 2. The van der Waals surface area contributed by atoms with Crippen molar-refractivity contribution < 1.29 is 14.6 Å². The van der Waals surface area contributed by atoms with Gasteiger partial charge in [0.25, 0.3) is 5.91 Å². The first-order chi connectivity index (χ1) is 11.7. The Bertz CT molecular complexity index is 718. The van der Waals surface area contributed by atoms with Crippen molar-refractivity contribution in [1.82, 2.24) is 15.1 Å². The molecule has 1 aromatic carbocycles. The molecule has 1 aromatic heterocycles. The third kappa shape index (κ3) is 4.82. The van der Waals surface area contributed by atoms with Crippen LogP contribution in [0.5, 0.6) is 5.75 Å². The molecule has 1 amide bonds. The summed E-state index contributed by atoms with van der Waals surface area (Å²) in [5, 5.41) is 17.8. The molecule has 136 valence electrons. The monoisotopic (exact) mass is 345 g/mol. The van der Waals surface area contributed by atoms with E-state index in [4.69, 9.17) is 4.74 Å². The molecule has 0 aliphatic rings. The minimum Gasteiger partial charge on any atom is -0.497 e. The summed E-state index contributed by atoms with van der Waals surface area (Å²) >= 11 is 0. The van der Waals surface area contributed by atoms with Gasteiger partial charge in [-0.3, -0.25) is 9.48 Å². The predicted octanol–water partition coefficient (Wildman–Crippen LogP) is 2.26. The van der Waals surface area contributed by atoms with Gasteiger partial charge in [0, 0.05) is 7.05 Å². The summed E-state index contributed by atoms with van der Waals surface area (Å²) in [4.78, 5) is 12.4. The van der Waals surface area contributed by atoms with E-state index >= 15 is 0 Å². The molecule has 25 heavy (non-hydrogen) atoms. The van der Waals surface area contributed by atoms with Crippen LogP contribution in [-0.2, 0) is 19.1 Å². The number of aromatic nitrogens is 2. The van der Waals surface area contributed by atoms with E-state index in [0.29, 0.717) is 17.2 Å². The summed E-state index contributed by atoms with van der Waals surface area (Å²) in [6, 6.07) is 8.94. The van der Waals surface area contributed by atoms with Crippen molar-refractivity contribution in [2.45, 2.75) is 32.8 Å². The molecule has 2 aromatic rings. The Hall–Kier alpha value is -2.34. The number of amides is 1. The van der Waals surface area contributed by atoms with Crippen LogP contribution in [0.3, 0.4) is 0 Å². The van der Waals surface area contributed by atoms with Gasteiger partial charge in [0.2, 0.25) is 0 Å². The van der Waals surface area contributed by atoms with Crippen molar-refractivity contribution in [3.8, 4) is 5.75 Å². The molecule has 6 heteroatoms. The van der Waals surface area contributed by atoms with Crippen LogP contribution in [0.2, 0.25) is 0 Å². The molecule has 0 saturated heterocycles. The molecule has 0 radical (unpaired) electrons. The number of aliphatic hydroxyl groups is 1. The van der Waals surface area contributed by atoms with Gasteiger partial charge in [-0.2, -0.15) is 5.10 Å². The SMILES string of the molecule is COc1ccc([C@](C)(O)CNC(=O)c2cc(CC(C)C)nn2C)cc1. The minimum absolute atomic E-state index is 0.100. The maximum absolute atomic E-state index is 12.4. The maximum atomic E-state index is 12.4. The Morgan fingerprint density at radius 1 is 1.36 bits per heavy atom. The molecule has 2 rings (SSSR count). The lowest BCUT2D eigenvalue weighted by molar-refractivity contribution is 0.0523. The molecule has 0 bridgehead atoms. The molecule has 0 fully saturated rings. The number of nitrogens with one attached hydrogen (secondary N) is 1. The van der Waals surface area contributed by atoms with E-state index in [2.05, 4.69) is 24.3 Å². The van der Waals surface area contributed by atoms with Crippen molar-refractivity contribution in [3.05, 3.63) is 47.3 Å². The van der Waals surface area contributed by atoms with E-state index in [1.54, 1.807) is 56.1 Å². The summed E-state index contributed by atoms with van der Waals surface area (Å²) in [6.45, 7) is 5.99. The van der Waals surface area contributed by atoms with E-state index < -0.39 is 5.60 Å². The number of rotatable bonds is 7. The summed E-state index contributed by atoms with van der Waals surface area (Å²) < 4.78 is 6.70. The first kappa shape index (κ1) is 19.0. The molecular formula is C19H27N3O3. The quantitative estimate of drug-likeness (QED) is 0.807. The fourth-order valence-electron chi connectivity index (χ4n) is 2.65. The number of nitrogens with zero attached hydrogens (tertiary/aromatic N) is 2. The van der Waals surface area contributed by atoms with Gasteiger partial charge in [-0.25, -0.2) is 0 Å². The molecule has 2 N–H and O–H groups in total. The first-order valence-electron chi connectivity index (χ1n) is 8.41. The average Bonchev–Trinajstić information content (AvgIpc) is 2.92. The van der Waals surface area contributed by atoms with Crippen molar-refractivity contribution in [2.75, 3.05) is 13.7 Å². The van der Waals surface area contributed by atoms with Crippen molar-refractivity contribution in [1.29, 1.82) is 0 Å². The zero-order valence-electron chi connectivity index (χ0n) is 15.5. The number of methoxy groups -OCH3 is 1. The highest BCUT2D eigenvalue weighted by atomic mass is 16.5. The average molecular weight is 345 g/mol. The van der Waals surface area contributed by atoms with Gasteiger partial charge in [0.05, 0.1) is 19.3 Å². The number of aryl methyl sites for hydroxylation is 1. The summed E-state index contributed by atoms with van der Waals surface area (Å²) in [6.07, 6.45) is 0.824. The van der Waals surface area contributed by atoms with Crippen molar-refractivity contribution >= 4 is 5.91 Å². The van der Waals surface area contributed by atoms with Gasteiger partial charge in [0.1, 0.15) is 17.0 Å². The largest absolute Gasteiger partial charge is 0.497 e. The first-order valence-corrected chi connectivity index (χ1v) is 8.41. The van der Waals surface area contributed by atoms with Crippen LogP contribution in [0.15, 0.2) is 30.3 Å². The Balaban J connectivity index is 2.03. The molecule has 0 aliphatic carbocycles. The normalized spacial score (nSPS) is 13.6. The van der Waals surface area contributed by atoms with E-state index in [0.717, 1.165) is 17.9 Å². The van der Waals surface area contributed by atoms with E-state index in [9.17, 15) is 9.90 Å². The highest BCUT2D eigenvalue weighted by Gasteiger charge is 2.25. The molecule has 0 unspecified atom stereocenters. The lowest BCUT2D eigenvalue weighted by Gasteiger charge is -2.24. The van der Waals surface area contributed by atoms with E-state index in [1.165, 1.54) is 0 Å². The molecule has 6 nitrogen and oxygen atoms in total. The zero-order chi connectivity index (χ0) is 18.6. The van der Waals surface area contributed by atoms with Gasteiger partial charge in [-0.05, 0) is 43.0 Å². The van der Waals surface area contributed by atoms with Crippen molar-refractivity contribution in [2.24, 2.45) is 13.0 Å². The number of carbonyl (C=O) groups is 1. The lowest BCUT2D eigenvalue weighted by Crippen LogP contribution is -2.39. The standard InChI is InChI=1S/C19H27N3O3/c1-13(2)10-15-11-17(22(4)21-15)18(23)20-12-19(3,24)14-6-8-16(25-5)9-7-14/h6-9,11,13,24H,10,12H2,1-5H3,(H,20,23)/t19-/m1/s1. The minimum atomic E-state index is -1.18. The fraction of sp³-hybridized carbons (Fsp3) is 0.474. The Kier molecular flexibility index (Phi) is 5.85. The second-order valence-corrected chi connectivity index (χ2v) is 6.93. The number of hydrogen-bond acceptors (Lipinski definition) is 4. The topological polar surface area (TPSA) is 76.4 Å². The fourth-order valence-corrected chi connectivity index (χ4v) is 2.65. The zero-order valence-corrected chi connectivity index (χ0v) is 15.5. The summed E-state index contributed by atoms with van der Waals surface area (Å²) in [5.41, 5.74) is 0.909. The molecule has 0 saturated carbocycles. The summed E-state index contributed by atoms with van der Waals surface area (Å²) in [7, 11) is 3.34. The van der Waals surface area contributed by atoms with Crippen LogP contribution in [-0.4, -0.2) is 34.4 Å². The highest BCUT2D eigenvalue weighted by molar-refractivity contribution is 5.92. The van der Waals surface area contributed by atoms with Crippen LogP contribution >= 0.6 is 0 Å². The molecular weight excluding hydrogens is 318 g/mol. The summed E-state index contributed by atoms with van der Waals surface area (Å²) in [5.74, 6) is 0.941. The van der Waals surface area contributed by atoms with Crippen LogP contribution in [0, 0.1) is 5.92 Å². The van der Waals surface area contributed by atoms with E-state index in [1.807, 2.05) is 0 Å². The molecule has 0 spiro atoms. The Labute approximate surface area is 148 Å². The smallest absolute Gasteiger partial charge is 0.269 e. The molecule has 0 aliphatic heterocycles. The maximum Gasteiger partial charge on any atom is 0.269 e. The van der Waals surface area contributed by atoms with Gasteiger partial charge in [-0.1, -0.05) is 26.0 Å². The third-order valence-corrected chi connectivity index (χ3v) is 4.09. The number of carbonyl (C=O) groups excluding carboxylic acids is 1. The second-order valence-electron chi connectivity index (χ2n) is 6.93. The van der Waals surface area contributed by atoms with Gasteiger partial charge >= 0.3 is 0 Å². The molecule has 1 atom stereocenters. The predicted molar refractivity (Wildman–Crippen MR) is 96.6 cm³/mol. The lowest BCUT2D eigenvalue weighted by atomic mass is 9.96. The third-order valence-electron chi connectivity index (χ3n) is 4.09. The van der Waals surface area contributed by atoms with Crippen LogP contribution in [0.4, 0.5) is 0 Å². The van der Waals surface area contributed by atoms with Gasteiger partial charge in [-0.15, -0.1) is 0 Å². The van der Waals surface area contributed by atoms with Gasteiger partial charge < -0.3 is 15.2 Å². The van der Waals surface area contributed by atoms with Crippen LogP contribution in [0.25, 0.3) is 0 Å². The Morgan fingerprint density at radius 2 is 2.00 bits per heavy atom. The van der Waals surface area contributed by atoms with Crippen LogP contribution in [0.1, 0.15) is 42.5 Å². The molecule has 1 heterocycles. The van der Waals surface area contributed by atoms with Gasteiger partial charge in [0.15, 0.2) is 0 Å². The van der Waals surface area contributed by atoms with E-state index in [-0.39, 0.29) is 12.5 Å². The number of benzene rings is 1. The number of ether oxygens (including phenoxy) is 1. The second kappa shape index (κ2) is 7.70. The van der Waals surface area contributed by atoms with Crippen molar-refractivity contribution in [3.63, 3.8) is 0 Å².